The van der Waals surface area contributed by atoms with Gasteiger partial charge in [0.05, 0.1) is 26.3 Å². The van der Waals surface area contributed by atoms with Gasteiger partial charge in [0.1, 0.15) is 11.3 Å². The Balaban J connectivity index is 2.49. The molecule has 0 saturated heterocycles. The number of hydrogen-bond donors (Lipinski definition) is 0. The number of nitro groups is 1. The predicted molar refractivity (Wildman–Crippen MR) is 102 cm³/mol. The number of halogens is 3. The van der Waals surface area contributed by atoms with Crippen LogP contribution in [0.1, 0.15) is 15.9 Å². The molecule has 0 spiro atoms. The average molecular weight is 444 g/mol. The molecule has 2 rings (SSSR count). The molecule has 2 aromatic carbocycles. The Kier molecular flexibility index (Phi) is 7.16. The van der Waals surface area contributed by atoms with Gasteiger partial charge in [-0.2, -0.15) is 0 Å². The van der Waals surface area contributed by atoms with E-state index in [1.807, 2.05) is 0 Å². The third kappa shape index (κ3) is 5.27. The summed E-state index contributed by atoms with van der Waals surface area (Å²) in [6.07, 6.45) is -4.92. The smallest absolute Gasteiger partial charge is 0.493 e. The molecule has 0 fully saturated rings. The van der Waals surface area contributed by atoms with E-state index in [9.17, 15) is 28.1 Å². The fourth-order valence-electron chi connectivity index (χ4n) is 2.88. The zero-order chi connectivity index (χ0) is 23.3. The van der Waals surface area contributed by atoms with E-state index in [1.54, 1.807) is 0 Å². The summed E-state index contributed by atoms with van der Waals surface area (Å²) in [5, 5.41) is 11.7. The second-order valence-electron chi connectivity index (χ2n) is 6.12. The number of alkyl halides is 3. The zero-order valence-electron chi connectivity index (χ0n) is 17.0. The lowest BCUT2D eigenvalue weighted by atomic mass is 10.1. The third-order valence-electron chi connectivity index (χ3n) is 4.17. The second-order valence-corrected chi connectivity index (χ2v) is 6.12. The number of methoxy groups -OCH3 is 3. The number of amides is 1. The van der Waals surface area contributed by atoms with E-state index in [4.69, 9.17) is 14.2 Å². The van der Waals surface area contributed by atoms with Gasteiger partial charge in [-0.25, -0.2) is 0 Å². The van der Waals surface area contributed by atoms with E-state index in [0.29, 0.717) is 0 Å². The lowest BCUT2D eigenvalue weighted by molar-refractivity contribution is -0.386. The van der Waals surface area contributed by atoms with E-state index < -0.39 is 34.2 Å². The Morgan fingerprint density at radius 1 is 1.06 bits per heavy atom. The molecule has 31 heavy (non-hydrogen) atoms. The Morgan fingerprint density at radius 2 is 1.68 bits per heavy atom. The number of carbonyl (C=O) groups excluding carboxylic acids is 1. The first-order valence-electron chi connectivity index (χ1n) is 8.60. The summed E-state index contributed by atoms with van der Waals surface area (Å²) in [7, 11) is 4.95. The van der Waals surface area contributed by atoms with Crippen molar-refractivity contribution in [2.24, 2.45) is 0 Å². The number of hydrogen-bond acceptors (Lipinski definition) is 7. The maximum Gasteiger partial charge on any atom is 0.573 e. The molecule has 0 radical (unpaired) electrons. The van der Waals surface area contributed by atoms with Crippen LogP contribution in [0.2, 0.25) is 0 Å². The van der Waals surface area contributed by atoms with Gasteiger partial charge in [0.2, 0.25) is 11.5 Å². The highest BCUT2D eigenvalue weighted by Crippen LogP contribution is 2.46. The van der Waals surface area contributed by atoms with Crippen molar-refractivity contribution in [1.82, 2.24) is 4.90 Å². The number of benzene rings is 2. The fourth-order valence-corrected chi connectivity index (χ4v) is 2.88. The third-order valence-corrected chi connectivity index (χ3v) is 4.17. The van der Waals surface area contributed by atoms with Crippen LogP contribution in [0.3, 0.4) is 0 Å². The van der Waals surface area contributed by atoms with Crippen LogP contribution in [0.4, 0.5) is 18.9 Å². The number of para-hydroxylation sites is 1. The highest BCUT2D eigenvalue weighted by Gasteiger charge is 2.35. The summed E-state index contributed by atoms with van der Waals surface area (Å²) < 4.78 is 57.2. The molecule has 9 nitrogen and oxygen atoms in total. The number of carbonyl (C=O) groups is 1. The van der Waals surface area contributed by atoms with Gasteiger partial charge in [0.25, 0.3) is 5.91 Å². The van der Waals surface area contributed by atoms with E-state index in [2.05, 4.69) is 4.74 Å². The first-order valence-corrected chi connectivity index (χ1v) is 8.60. The number of nitrogens with zero attached hydrogens (tertiary/aromatic N) is 2. The molecule has 12 heteroatoms. The molecule has 0 saturated carbocycles. The molecule has 1 amide bonds. The summed E-state index contributed by atoms with van der Waals surface area (Å²) in [5.41, 5.74) is -1.01. The van der Waals surface area contributed by atoms with Gasteiger partial charge in [0, 0.05) is 25.2 Å². The van der Waals surface area contributed by atoms with Crippen LogP contribution in [-0.4, -0.2) is 50.5 Å². The maximum absolute atomic E-state index is 13.0. The summed E-state index contributed by atoms with van der Waals surface area (Å²) >= 11 is 0. The van der Waals surface area contributed by atoms with Crippen LogP contribution in [0.25, 0.3) is 0 Å². The van der Waals surface area contributed by atoms with Crippen molar-refractivity contribution in [3.8, 4) is 23.0 Å². The SMILES string of the molecule is COc1cc(C(=O)N(C)Cc2ccccc2OC(F)(F)F)c([N+](=O)[O-])c(OC)c1OC. The summed E-state index contributed by atoms with van der Waals surface area (Å²) in [6.45, 7) is -0.321. The van der Waals surface area contributed by atoms with Crippen LogP contribution in [0.15, 0.2) is 30.3 Å². The molecule has 0 unspecified atom stereocenters. The van der Waals surface area contributed by atoms with Crippen molar-refractivity contribution in [3.63, 3.8) is 0 Å². The van der Waals surface area contributed by atoms with Crippen LogP contribution in [0.5, 0.6) is 23.0 Å². The maximum atomic E-state index is 13.0. The summed E-state index contributed by atoms with van der Waals surface area (Å²) in [6, 6.07) is 6.36. The molecule has 0 bridgehead atoms. The molecule has 168 valence electrons. The minimum atomic E-state index is -4.92. The van der Waals surface area contributed by atoms with Crippen LogP contribution in [0, 0.1) is 10.1 Å². The first kappa shape index (κ1) is 23.6. The highest BCUT2D eigenvalue weighted by atomic mass is 19.4. The number of rotatable bonds is 8. The van der Waals surface area contributed by atoms with Gasteiger partial charge in [0.15, 0.2) is 5.75 Å². The molecular formula is C19H19F3N2O7. The summed E-state index contributed by atoms with van der Waals surface area (Å²) in [4.78, 5) is 24.9. The standard InChI is InChI=1S/C19H19F3N2O7/c1-23(10-11-7-5-6-8-13(11)31-19(20,21)22)18(25)12-9-14(28-2)16(29-3)17(30-4)15(12)24(26)27/h5-9H,10H2,1-4H3. The van der Waals surface area contributed by atoms with Crippen molar-refractivity contribution in [2.75, 3.05) is 28.4 Å². The van der Waals surface area contributed by atoms with E-state index in [1.165, 1.54) is 39.5 Å². The molecule has 0 atom stereocenters. The largest absolute Gasteiger partial charge is 0.573 e. The number of ether oxygens (including phenoxy) is 4. The molecule has 0 aliphatic rings. The van der Waals surface area contributed by atoms with Crippen molar-refractivity contribution >= 4 is 11.6 Å². The Morgan fingerprint density at radius 3 is 2.19 bits per heavy atom. The van der Waals surface area contributed by atoms with E-state index in [0.717, 1.165) is 24.1 Å². The van der Waals surface area contributed by atoms with Crippen molar-refractivity contribution in [1.29, 1.82) is 0 Å². The monoisotopic (exact) mass is 444 g/mol. The zero-order valence-corrected chi connectivity index (χ0v) is 17.0. The lowest BCUT2D eigenvalue weighted by Gasteiger charge is -2.21. The minimum absolute atomic E-state index is 0.00232. The van der Waals surface area contributed by atoms with Gasteiger partial charge in [-0.3, -0.25) is 14.9 Å². The summed E-state index contributed by atoms with van der Waals surface area (Å²) in [5.74, 6) is -1.76. The van der Waals surface area contributed by atoms with Crippen LogP contribution in [-0.2, 0) is 6.54 Å². The van der Waals surface area contributed by atoms with Gasteiger partial charge in [-0.05, 0) is 6.07 Å². The Labute approximate surface area is 175 Å². The van der Waals surface area contributed by atoms with Gasteiger partial charge >= 0.3 is 12.0 Å². The van der Waals surface area contributed by atoms with Gasteiger partial charge in [-0.1, -0.05) is 18.2 Å². The van der Waals surface area contributed by atoms with E-state index >= 15 is 0 Å². The fraction of sp³-hybridized carbons (Fsp3) is 0.316. The first-order chi connectivity index (χ1) is 14.5. The Hall–Kier alpha value is -3.70. The molecule has 0 aromatic heterocycles. The van der Waals surface area contributed by atoms with E-state index in [-0.39, 0.29) is 29.4 Å². The molecular weight excluding hydrogens is 425 g/mol. The normalized spacial score (nSPS) is 10.9. The molecule has 2 aromatic rings. The predicted octanol–water partition coefficient (Wildman–Crippen LogP) is 3.79. The van der Waals surface area contributed by atoms with Crippen molar-refractivity contribution in [2.45, 2.75) is 12.9 Å². The van der Waals surface area contributed by atoms with Crippen LogP contribution >= 0.6 is 0 Å². The molecule has 0 heterocycles. The molecule has 0 N–H and O–H groups in total. The van der Waals surface area contributed by atoms with Crippen molar-refractivity contribution in [3.05, 3.63) is 51.6 Å². The second kappa shape index (κ2) is 9.41. The Bertz CT molecular complexity index is 980. The van der Waals surface area contributed by atoms with Gasteiger partial charge in [-0.15, -0.1) is 13.2 Å². The van der Waals surface area contributed by atoms with Gasteiger partial charge < -0.3 is 23.8 Å². The molecule has 0 aliphatic heterocycles. The average Bonchev–Trinajstić information content (AvgIpc) is 2.71. The quantitative estimate of drug-likeness (QED) is 0.451. The van der Waals surface area contributed by atoms with Crippen molar-refractivity contribution < 1.29 is 41.8 Å². The van der Waals surface area contributed by atoms with Crippen LogP contribution < -0.4 is 18.9 Å². The highest BCUT2D eigenvalue weighted by molar-refractivity contribution is 6.00. The molecule has 0 aliphatic carbocycles. The topological polar surface area (TPSA) is 100 Å². The minimum Gasteiger partial charge on any atom is -0.493 e. The number of nitro benzene ring substituents is 1. The lowest BCUT2D eigenvalue weighted by Crippen LogP contribution is -2.28.